The number of hydrogen-bond donors (Lipinski definition) is 3. The van der Waals surface area contributed by atoms with Crippen LogP contribution in [0.25, 0.3) is 0 Å². The molecule has 0 bridgehead atoms. The second-order valence-electron chi connectivity index (χ2n) is 5.21. The highest BCUT2D eigenvalue weighted by molar-refractivity contribution is 5.94. The van der Waals surface area contributed by atoms with Crippen LogP contribution in [0, 0.1) is 11.3 Å². The molecule has 1 aliphatic rings. The van der Waals surface area contributed by atoms with Crippen molar-refractivity contribution >= 4 is 17.7 Å². The lowest BCUT2D eigenvalue weighted by atomic mass is 9.98. The van der Waals surface area contributed by atoms with E-state index in [0.29, 0.717) is 24.9 Å². The van der Waals surface area contributed by atoms with E-state index in [9.17, 15) is 14.7 Å². The van der Waals surface area contributed by atoms with Crippen LogP contribution in [0.1, 0.15) is 31.2 Å². The monoisotopic (exact) mass is 287 g/mol. The topological polar surface area (TPSA) is 102 Å². The molecule has 0 aliphatic heterocycles. The molecule has 1 fully saturated rings. The predicted molar refractivity (Wildman–Crippen MR) is 76.7 cm³/mol. The maximum Gasteiger partial charge on any atom is 0.329 e. The van der Waals surface area contributed by atoms with E-state index < -0.39 is 17.5 Å². The van der Waals surface area contributed by atoms with E-state index in [0.717, 1.165) is 18.4 Å². The van der Waals surface area contributed by atoms with Gasteiger partial charge in [-0.25, -0.2) is 9.59 Å². The molecule has 1 saturated carbocycles. The van der Waals surface area contributed by atoms with Gasteiger partial charge in [-0.1, -0.05) is 25.0 Å². The Morgan fingerprint density at radius 3 is 2.38 bits per heavy atom. The van der Waals surface area contributed by atoms with Crippen molar-refractivity contribution in [3.63, 3.8) is 0 Å². The highest BCUT2D eigenvalue weighted by Crippen LogP contribution is 2.30. The minimum Gasteiger partial charge on any atom is -0.480 e. The SMILES string of the molecule is N#CCc1ccc(NC(=O)NC2(C(=O)O)CCCC2)cc1. The van der Waals surface area contributed by atoms with Crippen molar-refractivity contribution in [1.29, 1.82) is 5.26 Å². The van der Waals surface area contributed by atoms with Crippen LogP contribution in [0.15, 0.2) is 24.3 Å². The number of carbonyl (C=O) groups is 2. The summed E-state index contributed by atoms with van der Waals surface area (Å²) < 4.78 is 0. The average Bonchev–Trinajstić information content (AvgIpc) is 2.91. The number of benzene rings is 1. The molecular weight excluding hydrogens is 270 g/mol. The van der Waals surface area contributed by atoms with Gasteiger partial charge in [0.2, 0.25) is 0 Å². The summed E-state index contributed by atoms with van der Waals surface area (Å²) in [5, 5.41) is 23.1. The third kappa shape index (κ3) is 3.51. The maximum absolute atomic E-state index is 12.0. The van der Waals surface area contributed by atoms with Crippen molar-refractivity contribution < 1.29 is 14.7 Å². The van der Waals surface area contributed by atoms with E-state index in [1.54, 1.807) is 24.3 Å². The molecule has 0 heterocycles. The van der Waals surface area contributed by atoms with Gasteiger partial charge in [-0.3, -0.25) is 0 Å². The van der Waals surface area contributed by atoms with Crippen LogP contribution in [-0.4, -0.2) is 22.6 Å². The molecule has 6 heteroatoms. The Hall–Kier alpha value is -2.55. The zero-order chi connectivity index (χ0) is 15.3. The molecule has 0 atom stereocenters. The second kappa shape index (κ2) is 6.27. The number of nitriles is 1. The van der Waals surface area contributed by atoms with Gasteiger partial charge < -0.3 is 15.7 Å². The van der Waals surface area contributed by atoms with Crippen LogP contribution < -0.4 is 10.6 Å². The molecule has 3 N–H and O–H groups in total. The average molecular weight is 287 g/mol. The molecule has 0 saturated heterocycles. The Morgan fingerprint density at radius 1 is 1.24 bits per heavy atom. The van der Waals surface area contributed by atoms with Gasteiger partial charge in [-0.05, 0) is 30.5 Å². The van der Waals surface area contributed by atoms with Crippen LogP contribution >= 0.6 is 0 Å². The molecule has 0 radical (unpaired) electrons. The summed E-state index contributed by atoms with van der Waals surface area (Å²) in [6.45, 7) is 0. The molecule has 0 unspecified atom stereocenters. The van der Waals surface area contributed by atoms with Gasteiger partial charge in [-0.2, -0.15) is 5.26 Å². The fourth-order valence-corrected chi connectivity index (χ4v) is 2.55. The van der Waals surface area contributed by atoms with Crippen LogP contribution in [0.5, 0.6) is 0 Å². The lowest BCUT2D eigenvalue weighted by molar-refractivity contribution is -0.144. The number of amides is 2. The number of nitrogens with one attached hydrogen (secondary N) is 2. The Morgan fingerprint density at radius 2 is 1.86 bits per heavy atom. The number of carbonyl (C=O) groups excluding carboxylic acids is 1. The first-order valence-electron chi connectivity index (χ1n) is 6.84. The lowest BCUT2D eigenvalue weighted by Gasteiger charge is -2.25. The fraction of sp³-hybridized carbons (Fsp3) is 0.400. The summed E-state index contributed by atoms with van der Waals surface area (Å²) in [5.41, 5.74) is 0.277. The molecule has 0 aromatic heterocycles. The van der Waals surface area contributed by atoms with E-state index in [1.165, 1.54) is 0 Å². The van der Waals surface area contributed by atoms with Crippen LogP contribution in [0.2, 0.25) is 0 Å². The van der Waals surface area contributed by atoms with Gasteiger partial charge >= 0.3 is 12.0 Å². The van der Waals surface area contributed by atoms with Crippen molar-refractivity contribution in [2.45, 2.75) is 37.6 Å². The Balaban J connectivity index is 1.98. The molecule has 2 rings (SSSR count). The minimum absolute atomic E-state index is 0.314. The van der Waals surface area contributed by atoms with E-state index in [2.05, 4.69) is 10.6 Å². The number of hydrogen-bond acceptors (Lipinski definition) is 3. The molecule has 1 aliphatic carbocycles. The highest BCUT2D eigenvalue weighted by Gasteiger charge is 2.42. The number of carboxylic acid groups (broad SMARTS) is 1. The zero-order valence-electron chi connectivity index (χ0n) is 11.6. The number of carboxylic acids is 1. The van der Waals surface area contributed by atoms with E-state index in [-0.39, 0.29) is 0 Å². The van der Waals surface area contributed by atoms with Gasteiger partial charge in [0, 0.05) is 5.69 Å². The molecule has 21 heavy (non-hydrogen) atoms. The molecule has 0 spiro atoms. The van der Waals surface area contributed by atoms with Crippen LogP contribution in [0.3, 0.4) is 0 Å². The summed E-state index contributed by atoms with van der Waals surface area (Å²) in [6.07, 6.45) is 2.83. The van der Waals surface area contributed by atoms with Crippen molar-refractivity contribution in [1.82, 2.24) is 5.32 Å². The standard InChI is InChI=1S/C15H17N3O3/c16-10-7-11-3-5-12(6-4-11)17-14(21)18-15(13(19)20)8-1-2-9-15/h3-6H,1-2,7-9H2,(H,19,20)(H2,17,18,21). The lowest BCUT2D eigenvalue weighted by Crippen LogP contribution is -2.53. The van der Waals surface area contributed by atoms with Gasteiger partial charge in [0.15, 0.2) is 0 Å². The summed E-state index contributed by atoms with van der Waals surface area (Å²) in [4.78, 5) is 23.3. The molecular formula is C15H17N3O3. The Labute approximate surface area is 122 Å². The smallest absolute Gasteiger partial charge is 0.329 e. The number of anilines is 1. The first-order valence-corrected chi connectivity index (χ1v) is 6.84. The number of urea groups is 1. The fourth-order valence-electron chi connectivity index (χ4n) is 2.55. The van der Waals surface area contributed by atoms with Crippen molar-refractivity contribution in [2.24, 2.45) is 0 Å². The van der Waals surface area contributed by atoms with Crippen molar-refractivity contribution in [2.75, 3.05) is 5.32 Å². The number of rotatable bonds is 4. The van der Waals surface area contributed by atoms with Gasteiger partial charge in [0.25, 0.3) is 0 Å². The van der Waals surface area contributed by atoms with E-state index in [1.807, 2.05) is 6.07 Å². The molecule has 1 aromatic rings. The third-order valence-electron chi connectivity index (χ3n) is 3.71. The van der Waals surface area contributed by atoms with Crippen LogP contribution in [0.4, 0.5) is 10.5 Å². The quantitative estimate of drug-likeness (QED) is 0.790. The van der Waals surface area contributed by atoms with Crippen molar-refractivity contribution in [3.8, 4) is 6.07 Å². The zero-order valence-corrected chi connectivity index (χ0v) is 11.6. The molecule has 1 aromatic carbocycles. The normalized spacial score (nSPS) is 16.0. The van der Waals surface area contributed by atoms with Gasteiger partial charge in [-0.15, -0.1) is 0 Å². The number of aliphatic carboxylic acids is 1. The Bertz CT molecular complexity index is 569. The van der Waals surface area contributed by atoms with Crippen LogP contribution in [-0.2, 0) is 11.2 Å². The van der Waals surface area contributed by atoms with Crippen molar-refractivity contribution in [3.05, 3.63) is 29.8 Å². The summed E-state index contributed by atoms with van der Waals surface area (Å²) in [6, 6.07) is 8.40. The molecule has 110 valence electrons. The summed E-state index contributed by atoms with van der Waals surface area (Å²) in [5.74, 6) is -0.987. The first kappa shape index (κ1) is 14.9. The van der Waals surface area contributed by atoms with Gasteiger partial charge in [0.05, 0.1) is 12.5 Å². The third-order valence-corrected chi connectivity index (χ3v) is 3.71. The second-order valence-corrected chi connectivity index (χ2v) is 5.21. The highest BCUT2D eigenvalue weighted by atomic mass is 16.4. The molecule has 2 amide bonds. The summed E-state index contributed by atoms with van der Waals surface area (Å²) in [7, 11) is 0. The van der Waals surface area contributed by atoms with Gasteiger partial charge in [0.1, 0.15) is 5.54 Å². The Kier molecular flexibility index (Phi) is 4.43. The maximum atomic E-state index is 12.0. The first-order chi connectivity index (χ1) is 10.1. The summed E-state index contributed by atoms with van der Waals surface area (Å²) >= 11 is 0. The van der Waals surface area contributed by atoms with E-state index >= 15 is 0 Å². The minimum atomic E-state index is -1.15. The largest absolute Gasteiger partial charge is 0.480 e. The van der Waals surface area contributed by atoms with E-state index in [4.69, 9.17) is 5.26 Å². The predicted octanol–water partition coefficient (Wildman–Crippen LogP) is 2.27. The molecule has 6 nitrogen and oxygen atoms in total. The number of nitrogens with zero attached hydrogens (tertiary/aromatic N) is 1.